The van der Waals surface area contributed by atoms with Crippen LogP contribution >= 0.6 is 0 Å². The monoisotopic (exact) mass is 250 g/mol. The summed E-state index contributed by atoms with van der Waals surface area (Å²) in [5.74, 6) is 0. The maximum absolute atomic E-state index is 9.10. The van der Waals surface area contributed by atoms with E-state index in [1.54, 1.807) is 27.7 Å². The Morgan fingerprint density at radius 3 is 1.06 bits per heavy atom. The second kappa shape index (κ2) is 10.3. The fourth-order valence-electron chi connectivity index (χ4n) is 0.0680. The maximum atomic E-state index is 9.10. The largest absolute Gasteiger partial charge is 0.631 e. The molecule has 0 aromatic rings. The number of rotatable bonds is 3. The lowest BCUT2D eigenvalue weighted by Gasteiger charge is -2.31. The summed E-state index contributed by atoms with van der Waals surface area (Å²) in [7, 11) is -2.17. The quantitative estimate of drug-likeness (QED) is 0.349. The molecule has 17 heavy (non-hydrogen) atoms. The molecule has 5 N–H and O–H groups in total. The number of aliphatic hydroxyl groups is 2. The van der Waals surface area contributed by atoms with Gasteiger partial charge in [0.25, 0.3) is 0 Å². The highest BCUT2D eigenvalue weighted by atomic mass is 16.5. The molecule has 0 bridgehead atoms. The first-order valence-electron chi connectivity index (χ1n) is 4.76. The predicted octanol–water partition coefficient (Wildman–Crippen LogP) is -0.234. The third-order valence-electron chi connectivity index (χ3n) is 1.69. The van der Waals surface area contributed by atoms with Gasteiger partial charge in [0.1, 0.15) is 0 Å². The molecule has 102 valence electrons. The summed E-state index contributed by atoms with van der Waals surface area (Å²) >= 11 is 0. The van der Waals surface area contributed by atoms with Crippen molar-refractivity contribution in [3.05, 3.63) is 25.7 Å². The average Bonchev–Trinajstić information content (AvgIpc) is 2.01. The van der Waals surface area contributed by atoms with Gasteiger partial charge in [-0.15, -0.1) is 0 Å². The fourth-order valence-corrected chi connectivity index (χ4v) is 0.0680. The van der Waals surface area contributed by atoms with Crippen LogP contribution in [0.2, 0.25) is 0 Å². The molecule has 0 amide bonds. The van der Waals surface area contributed by atoms with E-state index in [4.69, 9.17) is 25.3 Å². The molecule has 0 unspecified atom stereocenters. The van der Waals surface area contributed by atoms with Crippen molar-refractivity contribution in [2.24, 2.45) is 0 Å². The van der Waals surface area contributed by atoms with Crippen molar-refractivity contribution in [1.82, 2.24) is 0 Å². The van der Waals surface area contributed by atoms with Gasteiger partial charge in [-0.1, -0.05) is 13.2 Å². The van der Waals surface area contributed by atoms with Crippen molar-refractivity contribution in [3.63, 3.8) is 0 Å². The Balaban J connectivity index is -0.000000188. The van der Waals surface area contributed by atoms with Crippen LogP contribution in [-0.4, -0.2) is 43.8 Å². The van der Waals surface area contributed by atoms with Crippen molar-refractivity contribution in [1.29, 1.82) is 0 Å². The standard InChI is InChI=1S/C6H14O2.C4H6O.BH3O3/c1-5(2,7)6(3,4)8;1-3-5-4-2;2-1(3)4/h7-8H,1-4H3;3-4H,1-2H2;2-4H. The topological polar surface area (TPSA) is 110 Å². The van der Waals surface area contributed by atoms with Crippen molar-refractivity contribution >= 4 is 7.32 Å². The molecule has 6 nitrogen and oxygen atoms in total. The van der Waals surface area contributed by atoms with Gasteiger partial charge in [-0.3, -0.25) is 0 Å². The van der Waals surface area contributed by atoms with E-state index in [9.17, 15) is 0 Å². The van der Waals surface area contributed by atoms with Crippen LogP contribution in [0.5, 0.6) is 0 Å². The van der Waals surface area contributed by atoms with Crippen molar-refractivity contribution in [2.75, 3.05) is 0 Å². The third-order valence-corrected chi connectivity index (χ3v) is 1.69. The Hall–Kier alpha value is -0.855. The molecule has 0 aliphatic rings. The number of hydrogen-bond donors (Lipinski definition) is 5. The number of ether oxygens (including phenoxy) is 1. The summed E-state index contributed by atoms with van der Waals surface area (Å²) in [6.07, 6.45) is 2.62. The van der Waals surface area contributed by atoms with Crippen LogP contribution < -0.4 is 0 Å². The Morgan fingerprint density at radius 2 is 1.06 bits per heavy atom. The molecule has 0 spiro atoms. The Labute approximate surface area is 103 Å². The molecule has 0 rings (SSSR count). The molecule has 0 saturated carbocycles. The van der Waals surface area contributed by atoms with Crippen LogP contribution in [0.3, 0.4) is 0 Å². The summed E-state index contributed by atoms with van der Waals surface area (Å²) < 4.78 is 4.36. The van der Waals surface area contributed by atoms with E-state index in [-0.39, 0.29) is 0 Å². The van der Waals surface area contributed by atoms with Crippen molar-refractivity contribution in [3.8, 4) is 0 Å². The first kappa shape index (κ1) is 21.4. The van der Waals surface area contributed by atoms with E-state index < -0.39 is 18.5 Å². The van der Waals surface area contributed by atoms with Gasteiger partial charge in [0.05, 0.1) is 23.7 Å². The van der Waals surface area contributed by atoms with Gasteiger partial charge in [-0.05, 0) is 27.7 Å². The number of hydrogen-bond acceptors (Lipinski definition) is 6. The second-order valence-electron chi connectivity index (χ2n) is 3.93. The van der Waals surface area contributed by atoms with Gasteiger partial charge in [-0.2, -0.15) is 0 Å². The molecule has 0 aromatic carbocycles. The molecule has 0 saturated heterocycles. The van der Waals surface area contributed by atoms with E-state index >= 15 is 0 Å². The molecule has 0 atom stereocenters. The molecular weight excluding hydrogens is 227 g/mol. The van der Waals surface area contributed by atoms with E-state index in [0.717, 1.165) is 0 Å². The Morgan fingerprint density at radius 1 is 0.882 bits per heavy atom. The van der Waals surface area contributed by atoms with Gasteiger partial charge in [0.15, 0.2) is 0 Å². The van der Waals surface area contributed by atoms with Crippen LogP contribution in [0.4, 0.5) is 0 Å². The third kappa shape index (κ3) is 25.4. The van der Waals surface area contributed by atoms with Gasteiger partial charge >= 0.3 is 7.32 Å². The van der Waals surface area contributed by atoms with Crippen LogP contribution in [0.15, 0.2) is 25.7 Å². The zero-order valence-electron chi connectivity index (χ0n) is 10.8. The molecule has 0 aliphatic carbocycles. The highest BCUT2D eigenvalue weighted by molar-refractivity contribution is 6.30. The van der Waals surface area contributed by atoms with E-state index in [0.29, 0.717) is 0 Å². The zero-order valence-corrected chi connectivity index (χ0v) is 10.8. The first-order chi connectivity index (χ1) is 7.40. The molecule has 0 radical (unpaired) electrons. The van der Waals surface area contributed by atoms with E-state index in [2.05, 4.69) is 17.9 Å². The maximum Gasteiger partial charge on any atom is 0.631 e. The van der Waals surface area contributed by atoms with Gasteiger partial charge < -0.3 is 30.0 Å². The summed E-state index contributed by atoms with van der Waals surface area (Å²) in [6, 6.07) is 0. The van der Waals surface area contributed by atoms with Crippen LogP contribution in [0.25, 0.3) is 0 Å². The summed E-state index contributed by atoms with van der Waals surface area (Å²) in [6.45, 7) is 12.8. The highest BCUT2D eigenvalue weighted by Crippen LogP contribution is 2.19. The van der Waals surface area contributed by atoms with E-state index in [1.165, 1.54) is 12.5 Å². The fraction of sp³-hybridized carbons (Fsp3) is 0.600. The summed E-state index contributed by atoms with van der Waals surface area (Å²) in [4.78, 5) is 0. The minimum atomic E-state index is -2.17. The molecule has 0 aromatic heterocycles. The second-order valence-corrected chi connectivity index (χ2v) is 3.93. The smallest absolute Gasteiger partial charge is 0.474 e. The van der Waals surface area contributed by atoms with Crippen LogP contribution in [-0.2, 0) is 4.74 Å². The minimum absolute atomic E-state index is 1.01. The van der Waals surface area contributed by atoms with Gasteiger partial charge in [0, 0.05) is 0 Å². The van der Waals surface area contributed by atoms with Gasteiger partial charge in [-0.25, -0.2) is 0 Å². The average molecular weight is 250 g/mol. The molecule has 0 aliphatic heterocycles. The summed E-state index contributed by atoms with van der Waals surface area (Å²) in [5, 5.41) is 39.7. The first-order valence-corrected chi connectivity index (χ1v) is 4.76. The van der Waals surface area contributed by atoms with Crippen molar-refractivity contribution < 1.29 is 30.0 Å². The highest BCUT2D eigenvalue weighted by Gasteiger charge is 2.31. The van der Waals surface area contributed by atoms with Gasteiger partial charge in [0.2, 0.25) is 0 Å². The van der Waals surface area contributed by atoms with Crippen molar-refractivity contribution in [2.45, 2.75) is 38.9 Å². The zero-order chi connectivity index (χ0) is 14.7. The SMILES string of the molecule is C=COC=C.CC(C)(O)C(C)(C)O.OB(O)O. The van der Waals surface area contributed by atoms with E-state index in [1.807, 2.05) is 0 Å². The Kier molecular flexibility index (Phi) is 13.0. The lowest BCUT2D eigenvalue weighted by atomic mass is 9.90. The Bertz CT molecular complexity index is 171. The molecule has 0 fully saturated rings. The normalized spacial score (nSPS) is 9.94. The van der Waals surface area contributed by atoms with Crippen LogP contribution in [0, 0.1) is 0 Å². The lowest BCUT2D eigenvalue weighted by molar-refractivity contribution is -0.107. The predicted molar refractivity (Wildman–Crippen MR) is 66.5 cm³/mol. The molecular formula is C10H23BO6. The minimum Gasteiger partial charge on any atom is -0.474 e. The van der Waals surface area contributed by atoms with Crippen LogP contribution in [0.1, 0.15) is 27.7 Å². The summed E-state index contributed by atoms with van der Waals surface area (Å²) in [5.41, 5.74) is -2.01. The molecule has 7 heteroatoms. The lowest BCUT2D eigenvalue weighted by Crippen LogP contribution is -2.44. The molecule has 0 heterocycles.